The van der Waals surface area contributed by atoms with Crippen LogP contribution in [0.3, 0.4) is 0 Å². The quantitative estimate of drug-likeness (QED) is 0.792. The number of carbonyl (C=O) groups is 1. The molecular formula is C13H22N2O2. The Morgan fingerprint density at radius 3 is 2.41 bits per heavy atom. The average molecular weight is 238 g/mol. The second-order valence-electron chi connectivity index (χ2n) is 5.95. The summed E-state index contributed by atoms with van der Waals surface area (Å²) in [5.74, 6) is 1.26. The van der Waals surface area contributed by atoms with Crippen molar-refractivity contribution in [3.63, 3.8) is 0 Å². The first-order valence-electron chi connectivity index (χ1n) is 6.90. The molecule has 2 aliphatic carbocycles. The molecule has 2 bridgehead atoms. The molecule has 1 aliphatic heterocycles. The zero-order valence-corrected chi connectivity index (χ0v) is 10.3. The Kier molecular flexibility index (Phi) is 3.09. The van der Waals surface area contributed by atoms with E-state index < -0.39 is 5.97 Å². The molecule has 0 radical (unpaired) electrons. The van der Waals surface area contributed by atoms with E-state index in [4.69, 9.17) is 5.11 Å². The van der Waals surface area contributed by atoms with Crippen molar-refractivity contribution in [2.24, 2.45) is 11.8 Å². The van der Waals surface area contributed by atoms with Crippen LogP contribution in [-0.4, -0.2) is 59.6 Å². The summed E-state index contributed by atoms with van der Waals surface area (Å²) >= 11 is 0. The zero-order valence-electron chi connectivity index (χ0n) is 10.3. The number of piperazine rings is 1. The van der Waals surface area contributed by atoms with E-state index in [-0.39, 0.29) is 6.54 Å². The van der Waals surface area contributed by atoms with Gasteiger partial charge in [0.05, 0.1) is 6.54 Å². The van der Waals surface area contributed by atoms with E-state index in [0.717, 1.165) is 44.1 Å². The van der Waals surface area contributed by atoms with E-state index in [0.29, 0.717) is 0 Å². The van der Waals surface area contributed by atoms with Gasteiger partial charge in [-0.3, -0.25) is 14.6 Å². The first kappa shape index (κ1) is 11.5. The highest BCUT2D eigenvalue weighted by Gasteiger charge is 2.42. The minimum absolute atomic E-state index is 0.213. The van der Waals surface area contributed by atoms with Crippen LogP contribution < -0.4 is 0 Å². The third kappa shape index (κ3) is 2.33. The van der Waals surface area contributed by atoms with E-state index >= 15 is 0 Å². The molecule has 3 fully saturated rings. The fraction of sp³-hybridized carbons (Fsp3) is 0.923. The van der Waals surface area contributed by atoms with Crippen molar-refractivity contribution in [3.05, 3.63) is 0 Å². The van der Waals surface area contributed by atoms with Gasteiger partial charge < -0.3 is 5.11 Å². The number of hydrogen-bond donors (Lipinski definition) is 1. The second-order valence-corrected chi connectivity index (χ2v) is 5.95. The molecule has 0 spiro atoms. The standard InChI is InChI=1S/C13H22N2O2/c16-13(17)9-14-3-5-15(6-4-14)12-8-10-1-2-11(12)7-10/h10-12H,1-9H2,(H,16,17). The number of carboxylic acid groups (broad SMARTS) is 1. The maximum Gasteiger partial charge on any atom is 0.317 e. The molecule has 3 rings (SSSR count). The van der Waals surface area contributed by atoms with Crippen LogP contribution in [0.5, 0.6) is 0 Å². The maximum atomic E-state index is 10.7. The van der Waals surface area contributed by atoms with Crippen LogP contribution >= 0.6 is 0 Å². The molecular weight excluding hydrogens is 216 g/mol. The minimum atomic E-state index is -0.696. The number of carboxylic acids is 1. The summed E-state index contributed by atoms with van der Waals surface area (Å²) in [5.41, 5.74) is 0. The fourth-order valence-corrected chi connectivity index (χ4v) is 4.10. The lowest BCUT2D eigenvalue weighted by atomic mass is 9.93. The van der Waals surface area contributed by atoms with Gasteiger partial charge in [-0.15, -0.1) is 0 Å². The van der Waals surface area contributed by atoms with E-state index in [1.807, 2.05) is 0 Å². The first-order chi connectivity index (χ1) is 8.22. The number of rotatable bonds is 3. The van der Waals surface area contributed by atoms with Crippen molar-refractivity contribution < 1.29 is 9.90 Å². The Hall–Kier alpha value is -0.610. The van der Waals surface area contributed by atoms with Gasteiger partial charge in [-0.05, 0) is 31.1 Å². The van der Waals surface area contributed by atoms with Crippen molar-refractivity contribution in [1.29, 1.82) is 0 Å². The van der Waals surface area contributed by atoms with Gasteiger partial charge in [-0.2, -0.15) is 0 Å². The molecule has 1 heterocycles. The fourth-order valence-electron chi connectivity index (χ4n) is 4.10. The molecule has 0 aromatic heterocycles. The number of hydrogen-bond acceptors (Lipinski definition) is 3. The molecule has 17 heavy (non-hydrogen) atoms. The summed E-state index contributed by atoms with van der Waals surface area (Å²) in [6.45, 7) is 4.22. The van der Waals surface area contributed by atoms with Crippen molar-refractivity contribution in [2.75, 3.05) is 32.7 Å². The molecule has 0 aromatic rings. The summed E-state index contributed by atoms with van der Waals surface area (Å²) in [7, 11) is 0. The average Bonchev–Trinajstić information content (AvgIpc) is 2.91. The largest absolute Gasteiger partial charge is 0.480 e. The lowest BCUT2D eigenvalue weighted by molar-refractivity contribution is -0.138. The lowest BCUT2D eigenvalue weighted by Gasteiger charge is -2.40. The van der Waals surface area contributed by atoms with E-state index in [1.54, 1.807) is 0 Å². The Labute approximate surface area is 103 Å². The highest BCUT2D eigenvalue weighted by Crippen LogP contribution is 2.46. The number of fused-ring (bicyclic) bond motifs is 2. The molecule has 3 unspecified atom stereocenters. The first-order valence-corrected chi connectivity index (χ1v) is 6.90. The Morgan fingerprint density at radius 1 is 1.12 bits per heavy atom. The Bertz CT molecular complexity index is 300. The number of aliphatic carboxylic acids is 1. The summed E-state index contributed by atoms with van der Waals surface area (Å²) < 4.78 is 0. The maximum absolute atomic E-state index is 10.7. The van der Waals surface area contributed by atoms with Gasteiger partial charge in [-0.1, -0.05) is 6.42 Å². The van der Waals surface area contributed by atoms with Gasteiger partial charge in [0, 0.05) is 32.2 Å². The normalized spacial score (nSPS) is 38.7. The van der Waals surface area contributed by atoms with Crippen LogP contribution in [0, 0.1) is 11.8 Å². The van der Waals surface area contributed by atoms with Crippen LogP contribution in [0.2, 0.25) is 0 Å². The van der Waals surface area contributed by atoms with E-state index in [9.17, 15) is 4.79 Å². The van der Waals surface area contributed by atoms with Crippen molar-refractivity contribution in [1.82, 2.24) is 9.80 Å². The van der Waals surface area contributed by atoms with Crippen molar-refractivity contribution >= 4 is 5.97 Å². The SMILES string of the molecule is O=C(O)CN1CCN(C2CC3CCC2C3)CC1. The molecule has 4 heteroatoms. The Morgan fingerprint density at radius 2 is 1.88 bits per heavy atom. The molecule has 2 saturated carbocycles. The predicted molar refractivity (Wildman–Crippen MR) is 64.9 cm³/mol. The molecule has 1 saturated heterocycles. The molecule has 3 aliphatic rings. The van der Waals surface area contributed by atoms with E-state index in [1.165, 1.54) is 25.7 Å². The lowest BCUT2D eigenvalue weighted by Crippen LogP contribution is -2.52. The molecule has 0 amide bonds. The highest BCUT2D eigenvalue weighted by molar-refractivity contribution is 5.69. The number of nitrogens with zero attached hydrogens (tertiary/aromatic N) is 2. The molecule has 0 aromatic carbocycles. The smallest absolute Gasteiger partial charge is 0.317 e. The molecule has 4 nitrogen and oxygen atoms in total. The van der Waals surface area contributed by atoms with Gasteiger partial charge in [-0.25, -0.2) is 0 Å². The van der Waals surface area contributed by atoms with Crippen molar-refractivity contribution in [3.8, 4) is 0 Å². The van der Waals surface area contributed by atoms with Crippen LogP contribution in [0.15, 0.2) is 0 Å². The summed E-state index contributed by atoms with van der Waals surface area (Å²) in [4.78, 5) is 15.3. The monoisotopic (exact) mass is 238 g/mol. The third-order valence-corrected chi connectivity index (χ3v) is 4.94. The highest BCUT2D eigenvalue weighted by atomic mass is 16.4. The van der Waals surface area contributed by atoms with Gasteiger partial charge >= 0.3 is 5.97 Å². The van der Waals surface area contributed by atoms with Gasteiger partial charge in [0.2, 0.25) is 0 Å². The summed E-state index contributed by atoms with van der Waals surface area (Å²) in [5, 5.41) is 8.77. The Balaban J connectivity index is 1.50. The third-order valence-electron chi connectivity index (χ3n) is 4.94. The van der Waals surface area contributed by atoms with E-state index in [2.05, 4.69) is 9.80 Å². The van der Waals surface area contributed by atoms with Crippen LogP contribution in [0.25, 0.3) is 0 Å². The molecule has 1 N–H and O–H groups in total. The van der Waals surface area contributed by atoms with Gasteiger partial charge in [0.25, 0.3) is 0 Å². The van der Waals surface area contributed by atoms with Crippen molar-refractivity contribution in [2.45, 2.75) is 31.7 Å². The summed E-state index contributed by atoms with van der Waals surface area (Å²) in [6, 6.07) is 0.820. The van der Waals surface area contributed by atoms with Gasteiger partial charge in [0.15, 0.2) is 0 Å². The van der Waals surface area contributed by atoms with Gasteiger partial charge in [0.1, 0.15) is 0 Å². The van der Waals surface area contributed by atoms with Crippen LogP contribution in [0.4, 0.5) is 0 Å². The summed E-state index contributed by atoms with van der Waals surface area (Å²) in [6.07, 6.45) is 5.76. The second kappa shape index (κ2) is 4.58. The zero-order chi connectivity index (χ0) is 11.8. The topological polar surface area (TPSA) is 43.8 Å². The predicted octanol–water partition coefficient (Wildman–Crippen LogP) is 0.877. The van der Waals surface area contributed by atoms with Crippen LogP contribution in [-0.2, 0) is 4.79 Å². The molecule has 96 valence electrons. The minimum Gasteiger partial charge on any atom is -0.480 e. The van der Waals surface area contributed by atoms with Crippen LogP contribution in [0.1, 0.15) is 25.7 Å². The molecule has 3 atom stereocenters.